The van der Waals surface area contributed by atoms with Crippen LogP contribution in [0.3, 0.4) is 0 Å². The van der Waals surface area contributed by atoms with Crippen molar-refractivity contribution >= 4 is 44.9 Å². The molecule has 0 saturated heterocycles. The third-order valence-corrected chi connectivity index (χ3v) is 3.26. The highest BCUT2D eigenvalue weighted by Crippen LogP contribution is 2.15. The van der Waals surface area contributed by atoms with E-state index in [-0.39, 0.29) is 16.5 Å². The second-order valence-electron chi connectivity index (χ2n) is 4.16. The van der Waals surface area contributed by atoms with Gasteiger partial charge in [0.15, 0.2) is 5.11 Å². The second-order valence-corrected chi connectivity index (χ2v) is 5.49. The Morgan fingerprint density at radius 2 is 1.73 bits per heavy atom. The normalized spacial score (nSPS) is 9.95. The molecule has 2 rings (SSSR count). The Morgan fingerprint density at radius 3 is 2.41 bits per heavy atom. The molecule has 0 atom stereocenters. The number of hydrogen-bond acceptors (Lipinski definition) is 2. The molecular weight excluding hydrogens is 376 g/mol. The van der Waals surface area contributed by atoms with Crippen molar-refractivity contribution < 1.29 is 13.6 Å². The van der Waals surface area contributed by atoms with Crippen molar-refractivity contribution in [2.24, 2.45) is 0 Å². The maximum atomic E-state index is 13.5. The molecule has 0 bridgehead atoms. The number of hydrogen-bond donors (Lipinski definition) is 3. The summed E-state index contributed by atoms with van der Waals surface area (Å²) in [7, 11) is 0. The van der Waals surface area contributed by atoms with Crippen molar-refractivity contribution in [3.8, 4) is 0 Å². The first-order chi connectivity index (χ1) is 10.5. The summed E-state index contributed by atoms with van der Waals surface area (Å²) in [6.45, 7) is 0. The zero-order valence-electron chi connectivity index (χ0n) is 11.0. The zero-order chi connectivity index (χ0) is 16.1. The predicted octanol–water partition coefficient (Wildman–Crippen LogP) is 3.36. The molecule has 0 aliphatic rings. The number of anilines is 1. The Hall–Kier alpha value is -2.06. The van der Waals surface area contributed by atoms with Crippen LogP contribution in [-0.4, -0.2) is 11.0 Å². The molecule has 0 saturated carbocycles. The van der Waals surface area contributed by atoms with Crippen LogP contribution >= 0.6 is 28.1 Å². The van der Waals surface area contributed by atoms with Crippen LogP contribution in [0.25, 0.3) is 0 Å². The Labute approximate surface area is 139 Å². The molecule has 2 aromatic carbocycles. The summed E-state index contributed by atoms with van der Waals surface area (Å²) in [4.78, 5) is 11.8. The van der Waals surface area contributed by atoms with Crippen LogP contribution in [0.4, 0.5) is 14.5 Å². The van der Waals surface area contributed by atoms with Gasteiger partial charge in [0, 0.05) is 10.2 Å². The number of carbonyl (C=O) groups is 1. The number of benzene rings is 2. The largest absolute Gasteiger partial charge is 0.331 e. The van der Waals surface area contributed by atoms with E-state index in [0.717, 1.165) is 0 Å². The van der Waals surface area contributed by atoms with Gasteiger partial charge in [-0.25, -0.2) is 8.78 Å². The Bertz CT molecular complexity index is 710. The van der Waals surface area contributed by atoms with Gasteiger partial charge < -0.3 is 5.32 Å². The number of hydrazine groups is 1. The van der Waals surface area contributed by atoms with Crippen molar-refractivity contribution in [3.63, 3.8) is 0 Å². The minimum absolute atomic E-state index is 0.0790. The quantitative estimate of drug-likeness (QED) is 0.548. The molecule has 22 heavy (non-hydrogen) atoms. The van der Waals surface area contributed by atoms with Crippen LogP contribution in [-0.2, 0) is 0 Å². The minimum Gasteiger partial charge on any atom is -0.331 e. The highest BCUT2D eigenvalue weighted by Gasteiger charge is 2.12. The fourth-order valence-corrected chi connectivity index (χ4v) is 2.08. The van der Waals surface area contributed by atoms with Gasteiger partial charge in [0.05, 0.1) is 5.56 Å². The van der Waals surface area contributed by atoms with Gasteiger partial charge in [-0.1, -0.05) is 15.9 Å². The molecule has 4 nitrogen and oxygen atoms in total. The maximum Gasteiger partial charge on any atom is 0.272 e. The molecule has 0 aliphatic heterocycles. The lowest BCUT2D eigenvalue weighted by Gasteiger charge is -2.12. The van der Waals surface area contributed by atoms with Crippen LogP contribution < -0.4 is 16.2 Å². The van der Waals surface area contributed by atoms with E-state index in [4.69, 9.17) is 12.2 Å². The molecule has 0 radical (unpaired) electrons. The average Bonchev–Trinajstić information content (AvgIpc) is 2.49. The zero-order valence-corrected chi connectivity index (χ0v) is 13.4. The first kappa shape index (κ1) is 16.3. The van der Waals surface area contributed by atoms with Gasteiger partial charge in [-0.15, -0.1) is 0 Å². The van der Waals surface area contributed by atoms with E-state index < -0.39 is 11.7 Å². The van der Waals surface area contributed by atoms with Gasteiger partial charge >= 0.3 is 0 Å². The third-order valence-electron chi connectivity index (χ3n) is 2.56. The van der Waals surface area contributed by atoms with Gasteiger partial charge in [-0.2, -0.15) is 0 Å². The number of amides is 1. The van der Waals surface area contributed by atoms with Crippen molar-refractivity contribution in [2.45, 2.75) is 0 Å². The Morgan fingerprint density at radius 1 is 1.05 bits per heavy atom. The van der Waals surface area contributed by atoms with E-state index in [0.29, 0.717) is 10.2 Å². The summed E-state index contributed by atoms with van der Waals surface area (Å²) in [6.07, 6.45) is 0. The molecule has 0 fully saturated rings. The monoisotopic (exact) mass is 385 g/mol. The molecule has 1 amide bonds. The lowest BCUT2D eigenvalue weighted by atomic mass is 10.2. The molecule has 8 heteroatoms. The van der Waals surface area contributed by atoms with Gasteiger partial charge in [-0.05, 0) is 54.7 Å². The minimum atomic E-state index is -0.679. The molecule has 114 valence electrons. The standard InChI is InChI=1S/C14H10BrF2N3OS/c15-8-1-6-12(17)11(7-8)13(21)19-20-14(22)18-10-4-2-9(16)3-5-10/h1-7H,(H,19,21)(H2,18,20,22). The van der Waals surface area contributed by atoms with Crippen molar-refractivity contribution in [2.75, 3.05) is 5.32 Å². The smallest absolute Gasteiger partial charge is 0.272 e. The van der Waals surface area contributed by atoms with Crippen molar-refractivity contribution in [1.29, 1.82) is 0 Å². The van der Waals surface area contributed by atoms with Crippen LogP contribution in [0.1, 0.15) is 10.4 Å². The van der Waals surface area contributed by atoms with E-state index in [1.165, 1.54) is 42.5 Å². The summed E-state index contributed by atoms with van der Waals surface area (Å²) in [5.74, 6) is -1.70. The molecule has 2 aromatic rings. The number of thiocarbonyl (C=S) groups is 1. The molecule has 3 N–H and O–H groups in total. The van der Waals surface area contributed by atoms with Gasteiger partial charge in [0.1, 0.15) is 11.6 Å². The van der Waals surface area contributed by atoms with Crippen LogP contribution in [0.2, 0.25) is 0 Å². The van der Waals surface area contributed by atoms with Gasteiger partial charge in [0.2, 0.25) is 0 Å². The van der Waals surface area contributed by atoms with Crippen molar-refractivity contribution in [3.05, 3.63) is 64.1 Å². The topological polar surface area (TPSA) is 53.2 Å². The highest BCUT2D eigenvalue weighted by molar-refractivity contribution is 9.10. The Kier molecular flexibility index (Phi) is 5.40. The summed E-state index contributed by atoms with van der Waals surface area (Å²) in [5.41, 5.74) is 5.12. The molecule has 0 unspecified atom stereocenters. The average molecular weight is 386 g/mol. The highest BCUT2D eigenvalue weighted by atomic mass is 79.9. The molecule has 0 heterocycles. The van der Waals surface area contributed by atoms with Crippen LogP contribution in [0.15, 0.2) is 46.9 Å². The lowest BCUT2D eigenvalue weighted by molar-refractivity contribution is 0.0940. The maximum absolute atomic E-state index is 13.5. The lowest BCUT2D eigenvalue weighted by Crippen LogP contribution is -2.44. The SMILES string of the molecule is O=C(NNC(=S)Nc1ccc(F)cc1)c1cc(Br)ccc1F. The molecule has 0 spiro atoms. The van der Waals surface area contributed by atoms with Gasteiger partial charge in [-0.3, -0.25) is 15.6 Å². The number of halogens is 3. The summed E-state index contributed by atoms with van der Waals surface area (Å²) >= 11 is 8.12. The second kappa shape index (κ2) is 7.28. The van der Waals surface area contributed by atoms with Crippen molar-refractivity contribution in [1.82, 2.24) is 10.9 Å². The van der Waals surface area contributed by atoms with E-state index in [1.807, 2.05) is 0 Å². The summed E-state index contributed by atoms with van der Waals surface area (Å²) in [5, 5.41) is 2.82. The molecular formula is C14H10BrF2N3OS. The van der Waals surface area contributed by atoms with E-state index >= 15 is 0 Å². The van der Waals surface area contributed by atoms with E-state index in [2.05, 4.69) is 32.1 Å². The van der Waals surface area contributed by atoms with Crippen LogP contribution in [0.5, 0.6) is 0 Å². The fourth-order valence-electron chi connectivity index (χ4n) is 1.55. The third kappa shape index (κ3) is 4.47. The number of carbonyl (C=O) groups excluding carboxylic acids is 1. The number of nitrogens with one attached hydrogen (secondary N) is 3. The van der Waals surface area contributed by atoms with E-state index in [1.54, 1.807) is 0 Å². The summed E-state index contributed by atoms with van der Waals surface area (Å²) in [6, 6.07) is 9.51. The first-order valence-electron chi connectivity index (χ1n) is 6.03. The van der Waals surface area contributed by atoms with Crippen LogP contribution in [0, 0.1) is 11.6 Å². The Balaban J connectivity index is 1.91. The summed E-state index contributed by atoms with van der Waals surface area (Å²) < 4.78 is 26.9. The van der Waals surface area contributed by atoms with E-state index in [9.17, 15) is 13.6 Å². The fraction of sp³-hybridized carbons (Fsp3) is 0. The molecule has 0 aromatic heterocycles. The first-order valence-corrected chi connectivity index (χ1v) is 7.24. The number of rotatable bonds is 2. The predicted molar refractivity (Wildman–Crippen MR) is 87.3 cm³/mol. The molecule has 0 aliphatic carbocycles. The van der Waals surface area contributed by atoms with Gasteiger partial charge in [0.25, 0.3) is 5.91 Å².